The molecule has 0 unspecified atom stereocenters. The summed E-state index contributed by atoms with van der Waals surface area (Å²) in [5.74, 6) is -0.0531. The Labute approximate surface area is 148 Å². The van der Waals surface area contributed by atoms with Crippen molar-refractivity contribution in [3.8, 4) is 11.1 Å². The number of likely N-dealkylation sites (tertiary alicyclic amines) is 1. The van der Waals surface area contributed by atoms with Crippen LogP contribution in [0.5, 0.6) is 0 Å². The van der Waals surface area contributed by atoms with Crippen molar-refractivity contribution in [3.63, 3.8) is 0 Å². The van der Waals surface area contributed by atoms with Gasteiger partial charge in [0.1, 0.15) is 0 Å². The number of hydrogen-bond acceptors (Lipinski definition) is 4. The molecule has 1 fully saturated rings. The molecule has 2 aromatic rings. The normalized spacial score (nSPS) is 18.2. The highest BCUT2D eigenvalue weighted by Gasteiger charge is 2.20. The predicted molar refractivity (Wildman–Crippen MR) is 97.3 cm³/mol. The molecule has 6 heteroatoms. The maximum atomic E-state index is 12.3. The van der Waals surface area contributed by atoms with Crippen molar-refractivity contribution in [1.82, 2.24) is 20.4 Å². The van der Waals surface area contributed by atoms with E-state index in [0.717, 1.165) is 37.1 Å². The number of aromatic amines is 1. The summed E-state index contributed by atoms with van der Waals surface area (Å²) in [6, 6.07) is 7.85. The third-order valence-corrected chi connectivity index (χ3v) is 4.82. The van der Waals surface area contributed by atoms with Gasteiger partial charge in [0.2, 0.25) is 0 Å². The highest BCUT2D eigenvalue weighted by molar-refractivity contribution is 5.95. The minimum atomic E-state index is -0.0531. The Kier molecular flexibility index (Phi) is 6.19. The van der Waals surface area contributed by atoms with E-state index in [2.05, 4.69) is 20.4 Å². The zero-order valence-electron chi connectivity index (χ0n) is 14.4. The van der Waals surface area contributed by atoms with Gasteiger partial charge in [-0.25, -0.2) is 0 Å². The number of hydrogen-bond donors (Lipinski definition) is 3. The van der Waals surface area contributed by atoms with Crippen LogP contribution in [0.15, 0.2) is 36.7 Å². The van der Waals surface area contributed by atoms with E-state index in [9.17, 15) is 9.90 Å². The molecule has 1 amide bonds. The first-order chi connectivity index (χ1) is 12.3. The number of benzene rings is 1. The Morgan fingerprint density at radius 1 is 1.36 bits per heavy atom. The van der Waals surface area contributed by atoms with Gasteiger partial charge >= 0.3 is 0 Å². The fourth-order valence-electron chi connectivity index (χ4n) is 3.40. The molecule has 1 atom stereocenters. The van der Waals surface area contributed by atoms with Gasteiger partial charge in [0.15, 0.2) is 0 Å². The summed E-state index contributed by atoms with van der Waals surface area (Å²) in [6.07, 6.45) is 7.92. The van der Waals surface area contributed by atoms with E-state index >= 15 is 0 Å². The highest BCUT2D eigenvalue weighted by Crippen LogP contribution is 2.19. The van der Waals surface area contributed by atoms with E-state index in [0.29, 0.717) is 12.1 Å². The van der Waals surface area contributed by atoms with Crippen LogP contribution in [0.2, 0.25) is 0 Å². The molecule has 0 saturated carbocycles. The van der Waals surface area contributed by atoms with Crippen LogP contribution < -0.4 is 5.32 Å². The van der Waals surface area contributed by atoms with Gasteiger partial charge < -0.3 is 10.4 Å². The molecule has 0 radical (unpaired) electrons. The number of carbonyl (C=O) groups excluding carboxylic acids is 1. The van der Waals surface area contributed by atoms with Gasteiger partial charge in [-0.05, 0) is 43.5 Å². The Morgan fingerprint density at radius 3 is 3.08 bits per heavy atom. The molecule has 1 aromatic carbocycles. The molecule has 1 aromatic heterocycles. The Bertz CT molecular complexity index is 672. The standard InChI is InChI=1S/C19H26N4O2/c24-14-18-7-1-2-9-23(18)10-4-8-20-19(25)16-6-3-5-15(11-16)17-12-21-22-13-17/h3,5-6,11-13,18,24H,1-2,4,7-10,14H2,(H,20,25)(H,21,22)/t18-/m1/s1. The average molecular weight is 342 g/mol. The summed E-state index contributed by atoms with van der Waals surface area (Å²) >= 11 is 0. The van der Waals surface area contributed by atoms with E-state index in [4.69, 9.17) is 0 Å². The summed E-state index contributed by atoms with van der Waals surface area (Å²) in [5.41, 5.74) is 2.60. The summed E-state index contributed by atoms with van der Waals surface area (Å²) in [4.78, 5) is 14.7. The maximum absolute atomic E-state index is 12.3. The summed E-state index contributed by atoms with van der Waals surface area (Å²) in [7, 11) is 0. The quantitative estimate of drug-likeness (QED) is 0.673. The first-order valence-electron chi connectivity index (χ1n) is 9.00. The molecule has 2 heterocycles. The first kappa shape index (κ1) is 17.6. The van der Waals surface area contributed by atoms with Crippen LogP contribution in [-0.4, -0.2) is 58.4 Å². The molecular weight excluding hydrogens is 316 g/mol. The van der Waals surface area contributed by atoms with Gasteiger partial charge in [-0.3, -0.25) is 14.8 Å². The minimum absolute atomic E-state index is 0.0531. The Morgan fingerprint density at radius 2 is 2.28 bits per heavy atom. The SMILES string of the molecule is O=C(NCCCN1CCCC[C@@H]1CO)c1cccc(-c2cn[nH]c2)c1. The fourth-order valence-corrected chi connectivity index (χ4v) is 3.40. The molecule has 1 aliphatic heterocycles. The lowest BCUT2D eigenvalue weighted by Crippen LogP contribution is -2.43. The second-order valence-corrected chi connectivity index (χ2v) is 6.55. The minimum Gasteiger partial charge on any atom is -0.395 e. The van der Waals surface area contributed by atoms with Crippen LogP contribution >= 0.6 is 0 Å². The van der Waals surface area contributed by atoms with Gasteiger partial charge in [0.05, 0.1) is 12.8 Å². The van der Waals surface area contributed by atoms with E-state index in [1.54, 1.807) is 6.20 Å². The third kappa shape index (κ3) is 4.67. The van der Waals surface area contributed by atoms with E-state index in [-0.39, 0.29) is 18.6 Å². The number of amides is 1. The summed E-state index contributed by atoms with van der Waals surface area (Å²) < 4.78 is 0. The molecule has 0 bridgehead atoms. The second-order valence-electron chi connectivity index (χ2n) is 6.55. The van der Waals surface area contributed by atoms with Gasteiger partial charge in [-0.2, -0.15) is 5.10 Å². The van der Waals surface area contributed by atoms with Crippen molar-refractivity contribution < 1.29 is 9.90 Å². The number of nitrogens with one attached hydrogen (secondary N) is 2. The van der Waals surface area contributed by atoms with Gasteiger partial charge in [0.25, 0.3) is 5.91 Å². The van der Waals surface area contributed by atoms with Crippen molar-refractivity contribution in [1.29, 1.82) is 0 Å². The number of aliphatic hydroxyl groups excluding tert-OH is 1. The lowest BCUT2D eigenvalue weighted by Gasteiger charge is -2.34. The first-order valence-corrected chi connectivity index (χ1v) is 9.00. The third-order valence-electron chi connectivity index (χ3n) is 4.82. The fraction of sp³-hybridized carbons (Fsp3) is 0.474. The molecule has 3 rings (SSSR count). The van der Waals surface area contributed by atoms with E-state index < -0.39 is 0 Å². The van der Waals surface area contributed by atoms with E-state index in [1.165, 1.54) is 12.8 Å². The predicted octanol–water partition coefficient (Wildman–Crippen LogP) is 2.04. The number of H-pyrrole nitrogens is 1. The van der Waals surface area contributed by atoms with Crippen molar-refractivity contribution in [2.24, 2.45) is 0 Å². The molecular formula is C19H26N4O2. The van der Waals surface area contributed by atoms with Gasteiger partial charge in [-0.15, -0.1) is 0 Å². The zero-order chi connectivity index (χ0) is 17.5. The number of piperidine rings is 1. The average Bonchev–Trinajstić information content (AvgIpc) is 3.20. The molecule has 1 saturated heterocycles. The molecule has 0 spiro atoms. The lowest BCUT2D eigenvalue weighted by atomic mass is 10.0. The zero-order valence-corrected chi connectivity index (χ0v) is 14.4. The van der Waals surface area contributed by atoms with Crippen LogP contribution in [0, 0.1) is 0 Å². The van der Waals surface area contributed by atoms with Crippen LogP contribution in [0.1, 0.15) is 36.0 Å². The van der Waals surface area contributed by atoms with Crippen molar-refractivity contribution in [2.75, 3.05) is 26.2 Å². The number of nitrogens with zero attached hydrogens (tertiary/aromatic N) is 2. The number of aromatic nitrogens is 2. The maximum Gasteiger partial charge on any atom is 0.251 e. The van der Waals surface area contributed by atoms with Crippen molar-refractivity contribution in [2.45, 2.75) is 31.7 Å². The Hall–Kier alpha value is -2.18. The van der Waals surface area contributed by atoms with Crippen molar-refractivity contribution >= 4 is 5.91 Å². The second kappa shape index (κ2) is 8.78. The molecule has 3 N–H and O–H groups in total. The largest absolute Gasteiger partial charge is 0.395 e. The number of rotatable bonds is 7. The lowest BCUT2D eigenvalue weighted by molar-refractivity contribution is 0.0868. The smallest absolute Gasteiger partial charge is 0.251 e. The molecule has 0 aliphatic carbocycles. The number of aliphatic hydroxyl groups is 1. The summed E-state index contributed by atoms with van der Waals surface area (Å²) in [5, 5.41) is 19.2. The van der Waals surface area contributed by atoms with Gasteiger partial charge in [0, 0.05) is 36.5 Å². The monoisotopic (exact) mass is 342 g/mol. The van der Waals surface area contributed by atoms with Crippen molar-refractivity contribution in [3.05, 3.63) is 42.2 Å². The number of carbonyl (C=O) groups is 1. The Balaban J connectivity index is 1.47. The van der Waals surface area contributed by atoms with Crippen LogP contribution in [0.4, 0.5) is 0 Å². The molecule has 25 heavy (non-hydrogen) atoms. The molecule has 1 aliphatic rings. The van der Waals surface area contributed by atoms with Gasteiger partial charge in [-0.1, -0.05) is 18.6 Å². The van der Waals surface area contributed by atoms with Crippen LogP contribution in [0.25, 0.3) is 11.1 Å². The van der Waals surface area contributed by atoms with Crippen LogP contribution in [0.3, 0.4) is 0 Å². The summed E-state index contributed by atoms with van der Waals surface area (Å²) in [6.45, 7) is 2.84. The molecule has 134 valence electrons. The van der Waals surface area contributed by atoms with Crippen LogP contribution in [-0.2, 0) is 0 Å². The topological polar surface area (TPSA) is 81.2 Å². The van der Waals surface area contributed by atoms with E-state index in [1.807, 2.05) is 30.5 Å². The molecule has 6 nitrogen and oxygen atoms in total. The highest BCUT2D eigenvalue weighted by atomic mass is 16.3.